The van der Waals surface area contributed by atoms with E-state index in [1.165, 1.54) is 30.5 Å². The fourth-order valence-electron chi connectivity index (χ4n) is 3.59. The van der Waals surface area contributed by atoms with Gasteiger partial charge in [0.2, 0.25) is 5.91 Å². The maximum Gasteiger partial charge on any atom is 0.233 e. The van der Waals surface area contributed by atoms with Crippen LogP contribution in [0.25, 0.3) is 0 Å². The molecule has 0 aliphatic heterocycles. The fourth-order valence-corrected chi connectivity index (χ4v) is 4.44. The van der Waals surface area contributed by atoms with Gasteiger partial charge in [-0.1, -0.05) is 48.2 Å². The molecule has 2 aromatic carbocycles. The number of ether oxygens (including phenoxy) is 1. The topological polar surface area (TPSA) is 60.2 Å². The highest BCUT2D eigenvalue weighted by atomic mass is 32.2. The summed E-state index contributed by atoms with van der Waals surface area (Å²) in [6.45, 7) is 3.50. The van der Waals surface area contributed by atoms with Gasteiger partial charge in [-0.05, 0) is 43.0 Å². The number of nitrogens with zero attached hydrogens (tertiary/aromatic N) is 4. The summed E-state index contributed by atoms with van der Waals surface area (Å²) in [5.41, 5.74) is 1.91. The van der Waals surface area contributed by atoms with Crippen molar-refractivity contribution in [3.05, 3.63) is 71.3 Å². The van der Waals surface area contributed by atoms with Gasteiger partial charge in [0.15, 0.2) is 16.7 Å². The number of carbonyl (C=O) groups excluding carboxylic acids is 1. The molecule has 1 amide bonds. The Labute approximate surface area is 191 Å². The number of methoxy groups -OCH3 is 1. The molecule has 1 fully saturated rings. The number of rotatable bonds is 10. The number of hydrogen-bond donors (Lipinski definition) is 0. The molecule has 0 bridgehead atoms. The molecule has 0 N–H and O–H groups in total. The third kappa shape index (κ3) is 5.30. The van der Waals surface area contributed by atoms with Gasteiger partial charge >= 0.3 is 0 Å². The van der Waals surface area contributed by atoms with Gasteiger partial charge in [0.05, 0.1) is 19.4 Å². The number of hydrogen-bond acceptors (Lipinski definition) is 5. The molecule has 168 valence electrons. The molecule has 1 aromatic heterocycles. The monoisotopic (exact) mass is 454 g/mol. The fraction of sp³-hybridized carbons (Fsp3) is 0.375. The molecule has 1 aliphatic carbocycles. The Morgan fingerprint density at radius 1 is 1.19 bits per heavy atom. The summed E-state index contributed by atoms with van der Waals surface area (Å²) in [6, 6.07) is 15.0. The molecule has 8 heteroatoms. The molecule has 0 saturated heterocycles. The molecule has 0 spiro atoms. The number of carbonyl (C=O) groups is 1. The Morgan fingerprint density at radius 2 is 1.97 bits per heavy atom. The van der Waals surface area contributed by atoms with E-state index in [0.717, 1.165) is 29.4 Å². The predicted molar refractivity (Wildman–Crippen MR) is 122 cm³/mol. The highest BCUT2D eigenvalue weighted by Gasteiger charge is 2.30. The smallest absolute Gasteiger partial charge is 0.233 e. The van der Waals surface area contributed by atoms with E-state index in [0.29, 0.717) is 25.6 Å². The first-order valence-electron chi connectivity index (χ1n) is 10.8. The zero-order chi connectivity index (χ0) is 22.5. The van der Waals surface area contributed by atoms with E-state index < -0.39 is 5.82 Å². The lowest BCUT2D eigenvalue weighted by Gasteiger charge is -2.21. The van der Waals surface area contributed by atoms with Crippen molar-refractivity contribution in [2.45, 2.75) is 43.9 Å². The average Bonchev–Trinajstić information content (AvgIpc) is 3.58. The van der Waals surface area contributed by atoms with Crippen LogP contribution in [0.2, 0.25) is 0 Å². The van der Waals surface area contributed by atoms with Crippen LogP contribution in [0.1, 0.15) is 42.6 Å². The van der Waals surface area contributed by atoms with Crippen LogP contribution in [0.5, 0.6) is 5.75 Å². The summed E-state index contributed by atoms with van der Waals surface area (Å²) >= 11 is 1.41. The maximum atomic E-state index is 14.0. The zero-order valence-electron chi connectivity index (χ0n) is 18.3. The lowest BCUT2D eigenvalue weighted by molar-refractivity contribution is -0.128. The molecular formula is C24H27FN4O2S. The second-order valence-corrected chi connectivity index (χ2v) is 8.79. The molecule has 6 nitrogen and oxygen atoms in total. The van der Waals surface area contributed by atoms with E-state index in [2.05, 4.69) is 26.9 Å². The van der Waals surface area contributed by atoms with Gasteiger partial charge in [-0.2, -0.15) is 0 Å². The molecule has 32 heavy (non-hydrogen) atoms. The normalized spacial score (nSPS) is 13.2. The van der Waals surface area contributed by atoms with Crippen molar-refractivity contribution in [3.8, 4) is 5.75 Å². The molecule has 0 unspecified atom stereocenters. The standard InChI is InChI=1S/C24H27FN4O2S/c1-3-28(14-18-9-12-21(31-2)20(25)13-18)22(30)16-32-24-27-26-23(19-10-11-19)29(24)15-17-7-5-4-6-8-17/h4-9,12-13,19H,3,10-11,14-16H2,1-2H3. The van der Waals surface area contributed by atoms with Gasteiger partial charge in [0.25, 0.3) is 0 Å². The minimum atomic E-state index is -0.426. The van der Waals surface area contributed by atoms with Gasteiger partial charge in [-0.15, -0.1) is 10.2 Å². The van der Waals surface area contributed by atoms with Gasteiger partial charge < -0.3 is 14.2 Å². The Hall–Kier alpha value is -2.87. The van der Waals surface area contributed by atoms with Crippen LogP contribution in [-0.4, -0.2) is 45.0 Å². The van der Waals surface area contributed by atoms with E-state index in [9.17, 15) is 9.18 Å². The van der Waals surface area contributed by atoms with Crippen LogP contribution < -0.4 is 4.74 Å². The highest BCUT2D eigenvalue weighted by Crippen LogP contribution is 2.40. The number of amides is 1. The van der Waals surface area contributed by atoms with Gasteiger partial charge in [0.1, 0.15) is 5.82 Å². The third-order valence-corrected chi connectivity index (χ3v) is 6.47. The first kappa shape index (κ1) is 22.3. The second-order valence-electron chi connectivity index (χ2n) is 7.85. The van der Waals surface area contributed by atoms with Crippen LogP contribution in [0.15, 0.2) is 53.7 Å². The van der Waals surface area contributed by atoms with E-state index >= 15 is 0 Å². The van der Waals surface area contributed by atoms with Crippen molar-refractivity contribution >= 4 is 17.7 Å². The van der Waals surface area contributed by atoms with Crippen LogP contribution >= 0.6 is 11.8 Å². The van der Waals surface area contributed by atoms with Gasteiger partial charge in [0, 0.05) is 19.0 Å². The Morgan fingerprint density at radius 3 is 2.62 bits per heavy atom. The van der Waals surface area contributed by atoms with Gasteiger partial charge in [-0.3, -0.25) is 4.79 Å². The first-order valence-corrected chi connectivity index (χ1v) is 11.8. The van der Waals surface area contributed by atoms with Crippen LogP contribution in [-0.2, 0) is 17.9 Å². The summed E-state index contributed by atoms with van der Waals surface area (Å²) in [7, 11) is 1.43. The molecule has 0 atom stereocenters. The lowest BCUT2D eigenvalue weighted by Crippen LogP contribution is -2.31. The predicted octanol–water partition coefficient (Wildman–Crippen LogP) is 4.49. The van der Waals surface area contributed by atoms with Crippen molar-refractivity contribution in [1.29, 1.82) is 0 Å². The molecule has 1 heterocycles. The van der Waals surface area contributed by atoms with Gasteiger partial charge in [-0.25, -0.2) is 4.39 Å². The summed E-state index contributed by atoms with van der Waals surface area (Å²) in [5, 5.41) is 9.57. The number of halogens is 1. The molecule has 0 radical (unpaired) electrons. The first-order chi connectivity index (χ1) is 15.6. The quantitative estimate of drug-likeness (QED) is 0.423. The number of benzene rings is 2. The average molecular weight is 455 g/mol. The largest absolute Gasteiger partial charge is 0.494 e. The highest BCUT2D eigenvalue weighted by molar-refractivity contribution is 7.99. The van der Waals surface area contributed by atoms with E-state index in [1.54, 1.807) is 17.0 Å². The lowest BCUT2D eigenvalue weighted by atomic mass is 10.2. The van der Waals surface area contributed by atoms with Crippen molar-refractivity contribution in [2.24, 2.45) is 0 Å². The van der Waals surface area contributed by atoms with Crippen molar-refractivity contribution in [2.75, 3.05) is 19.4 Å². The van der Waals surface area contributed by atoms with E-state index in [4.69, 9.17) is 4.74 Å². The molecular weight excluding hydrogens is 427 g/mol. The Kier molecular flexibility index (Phi) is 7.09. The van der Waals surface area contributed by atoms with Crippen LogP contribution in [0.3, 0.4) is 0 Å². The summed E-state index contributed by atoms with van der Waals surface area (Å²) in [4.78, 5) is 14.6. The van der Waals surface area contributed by atoms with Crippen LogP contribution in [0, 0.1) is 5.82 Å². The number of aromatic nitrogens is 3. The minimum absolute atomic E-state index is 0.0176. The van der Waals surface area contributed by atoms with E-state index in [1.807, 2.05) is 25.1 Å². The molecule has 1 saturated carbocycles. The van der Waals surface area contributed by atoms with Crippen molar-refractivity contribution in [3.63, 3.8) is 0 Å². The minimum Gasteiger partial charge on any atom is -0.494 e. The SMILES string of the molecule is CCN(Cc1ccc(OC)c(F)c1)C(=O)CSc1nnc(C2CC2)n1Cc1ccccc1. The second kappa shape index (κ2) is 10.2. The van der Waals surface area contributed by atoms with Crippen molar-refractivity contribution in [1.82, 2.24) is 19.7 Å². The molecule has 1 aliphatic rings. The maximum absolute atomic E-state index is 14.0. The Bertz CT molecular complexity index is 1070. The van der Waals surface area contributed by atoms with Crippen LogP contribution in [0.4, 0.5) is 4.39 Å². The summed E-state index contributed by atoms with van der Waals surface area (Å²) < 4.78 is 21.1. The third-order valence-electron chi connectivity index (χ3n) is 5.52. The van der Waals surface area contributed by atoms with Crippen molar-refractivity contribution < 1.29 is 13.9 Å². The Balaban J connectivity index is 1.43. The summed E-state index contributed by atoms with van der Waals surface area (Å²) in [6.07, 6.45) is 2.27. The summed E-state index contributed by atoms with van der Waals surface area (Å²) in [5.74, 6) is 1.48. The van der Waals surface area contributed by atoms with E-state index in [-0.39, 0.29) is 17.4 Å². The zero-order valence-corrected chi connectivity index (χ0v) is 19.1. The molecule has 4 rings (SSSR count). The molecule has 3 aromatic rings. The number of thioether (sulfide) groups is 1.